The lowest BCUT2D eigenvalue weighted by molar-refractivity contribution is 0.275. The maximum absolute atomic E-state index is 6.24. The Balaban J connectivity index is 1.65. The van der Waals surface area contributed by atoms with Gasteiger partial charge in [0.2, 0.25) is 0 Å². The van der Waals surface area contributed by atoms with Gasteiger partial charge in [0.25, 0.3) is 0 Å². The van der Waals surface area contributed by atoms with E-state index < -0.39 is 0 Å². The van der Waals surface area contributed by atoms with Crippen LogP contribution in [0.4, 0.5) is 0 Å². The van der Waals surface area contributed by atoms with Crippen LogP contribution in [-0.2, 0) is 6.42 Å². The monoisotopic (exact) mass is 287 g/mol. The molecular formula is C17H18ClNO. The van der Waals surface area contributed by atoms with Crippen molar-refractivity contribution in [3.05, 3.63) is 64.2 Å². The zero-order chi connectivity index (χ0) is 14.1. The van der Waals surface area contributed by atoms with Gasteiger partial charge in [-0.3, -0.25) is 0 Å². The molecule has 2 atom stereocenters. The molecule has 20 heavy (non-hydrogen) atoms. The lowest BCUT2D eigenvalue weighted by atomic mass is 9.78. The molecule has 1 aliphatic rings. The fraction of sp³-hybridized carbons (Fsp3) is 0.294. The highest BCUT2D eigenvalue weighted by atomic mass is 35.5. The molecule has 2 aromatic carbocycles. The molecule has 0 bridgehead atoms. The molecule has 0 fully saturated rings. The van der Waals surface area contributed by atoms with E-state index in [1.807, 2.05) is 25.1 Å². The molecule has 3 rings (SSSR count). The highest BCUT2D eigenvalue weighted by molar-refractivity contribution is 6.32. The van der Waals surface area contributed by atoms with Gasteiger partial charge < -0.3 is 10.5 Å². The van der Waals surface area contributed by atoms with Gasteiger partial charge in [-0.25, -0.2) is 0 Å². The van der Waals surface area contributed by atoms with E-state index in [1.165, 1.54) is 11.1 Å². The maximum atomic E-state index is 6.24. The highest BCUT2D eigenvalue weighted by Crippen LogP contribution is 2.36. The maximum Gasteiger partial charge on any atom is 0.137 e. The molecule has 2 unspecified atom stereocenters. The zero-order valence-electron chi connectivity index (χ0n) is 11.5. The summed E-state index contributed by atoms with van der Waals surface area (Å²) < 4.78 is 5.86. The second-order valence-electron chi connectivity index (χ2n) is 5.39. The minimum atomic E-state index is -0.0138. The third-order valence-corrected chi connectivity index (χ3v) is 4.18. The first-order valence-corrected chi connectivity index (χ1v) is 7.28. The van der Waals surface area contributed by atoms with Crippen LogP contribution in [0, 0.1) is 0 Å². The van der Waals surface area contributed by atoms with E-state index in [1.54, 1.807) is 0 Å². The van der Waals surface area contributed by atoms with Gasteiger partial charge >= 0.3 is 0 Å². The largest absolute Gasteiger partial charge is 0.491 e. The summed E-state index contributed by atoms with van der Waals surface area (Å²) in [6.45, 7) is 2.62. The van der Waals surface area contributed by atoms with E-state index in [0.29, 0.717) is 17.5 Å². The number of ether oxygens (including phenoxy) is 1. The van der Waals surface area contributed by atoms with E-state index in [0.717, 1.165) is 17.7 Å². The first kappa shape index (κ1) is 13.5. The molecular weight excluding hydrogens is 270 g/mol. The average Bonchev–Trinajstić information content (AvgIpc) is 2.41. The Bertz CT molecular complexity index is 624. The lowest BCUT2D eigenvalue weighted by Gasteiger charge is -2.30. The van der Waals surface area contributed by atoms with Crippen molar-refractivity contribution in [2.24, 2.45) is 5.73 Å². The molecule has 2 N–H and O–H groups in total. The topological polar surface area (TPSA) is 35.2 Å². The van der Waals surface area contributed by atoms with E-state index in [4.69, 9.17) is 22.1 Å². The van der Waals surface area contributed by atoms with Gasteiger partial charge in [-0.1, -0.05) is 41.9 Å². The SMILES string of the molecule is CC(N)c1ccc(OCC2Cc3ccccc32)c(Cl)c1. The third kappa shape index (κ3) is 2.54. The minimum absolute atomic E-state index is 0.0138. The van der Waals surface area contributed by atoms with Crippen LogP contribution in [0.5, 0.6) is 5.75 Å². The first-order chi connectivity index (χ1) is 9.65. The van der Waals surface area contributed by atoms with Crippen LogP contribution >= 0.6 is 11.6 Å². The molecule has 0 aliphatic heterocycles. The van der Waals surface area contributed by atoms with Crippen molar-refractivity contribution < 1.29 is 4.74 Å². The van der Waals surface area contributed by atoms with Gasteiger partial charge in [0.15, 0.2) is 0 Å². The molecule has 0 saturated heterocycles. The van der Waals surface area contributed by atoms with Crippen LogP contribution in [-0.4, -0.2) is 6.61 Å². The number of hydrogen-bond donors (Lipinski definition) is 1. The number of hydrogen-bond acceptors (Lipinski definition) is 2. The van der Waals surface area contributed by atoms with Crippen molar-refractivity contribution in [2.45, 2.75) is 25.3 Å². The van der Waals surface area contributed by atoms with Gasteiger partial charge in [-0.15, -0.1) is 0 Å². The van der Waals surface area contributed by atoms with Gasteiger partial charge in [-0.05, 0) is 42.2 Å². The summed E-state index contributed by atoms with van der Waals surface area (Å²) in [7, 11) is 0. The van der Waals surface area contributed by atoms with Crippen molar-refractivity contribution in [3.63, 3.8) is 0 Å². The third-order valence-electron chi connectivity index (χ3n) is 3.88. The van der Waals surface area contributed by atoms with Crippen LogP contribution < -0.4 is 10.5 Å². The molecule has 3 heteroatoms. The Kier molecular flexibility index (Phi) is 3.68. The van der Waals surface area contributed by atoms with Gasteiger partial charge in [0.05, 0.1) is 11.6 Å². The number of benzene rings is 2. The van der Waals surface area contributed by atoms with Crippen LogP contribution in [0.2, 0.25) is 5.02 Å². The molecule has 0 aromatic heterocycles. The quantitative estimate of drug-likeness (QED) is 0.920. The van der Waals surface area contributed by atoms with E-state index in [9.17, 15) is 0 Å². The number of rotatable bonds is 4. The fourth-order valence-corrected chi connectivity index (χ4v) is 2.86. The Morgan fingerprint density at radius 2 is 2.10 bits per heavy atom. The van der Waals surface area contributed by atoms with Gasteiger partial charge in [0, 0.05) is 12.0 Å². The summed E-state index contributed by atoms with van der Waals surface area (Å²) >= 11 is 6.24. The summed E-state index contributed by atoms with van der Waals surface area (Å²) in [4.78, 5) is 0. The van der Waals surface area contributed by atoms with E-state index in [2.05, 4.69) is 24.3 Å². The summed E-state index contributed by atoms with van der Waals surface area (Å²) in [6, 6.07) is 14.3. The molecule has 104 valence electrons. The van der Waals surface area contributed by atoms with Crippen LogP contribution in [0.3, 0.4) is 0 Å². The van der Waals surface area contributed by atoms with Crippen molar-refractivity contribution >= 4 is 11.6 Å². The van der Waals surface area contributed by atoms with Crippen LogP contribution in [0.1, 0.15) is 35.6 Å². The summed E-state index contributed by atoms with van der Waals surface area (Å²) in [5, 5.41) is 0.632. The Morgan fingerprint density at radius 1 is 1.30 bits per heavy atom. The Hall–Kier alpha value is -1.51. The Morgan fingerprint density at radius 3 is 2.80 bits per heavy atom. The molecule has 2 nitrogen and oxygen atoms in total. The number of nitrogens with two attached hydrogens (primary N) is 1. The average molecular weight is 288 g/mol. The Labute approximate surface area is 124 Å². The van der Waals surface area contributed by atoms with Gasteiger partial charge in [0.1, 0.15) is 5.75 Å². The molecule has 1 aliphatic carbocycles. The lowest BCUT2D eigenvalue weighted by Crippen LogP contribution is -2.23. The summed E-state index contributed by atoms with van der Waals surface area (Å²) in [6.07, 6.45) is 1.09. The van der Waals surface area contributed by atoms with Crippen molar-refractivity contribution in [1.29, 1.82) is 0 Å². The molecule has 0 saturated carbocycles. The second kappa shape index (κ2) is 5.47. The molecule has 0 heterocycles. The molecule has 0 spiro atoms. The summed E-state index contributed by atoms with van der Waals surface area (Å²) in [5.74, 6) is 1.22. The summed E-state index contributed by atoms with van der Waals surface area (Å²) in [5.41, 5.74) is 9.69. The molecule has 0 radical (unpaired) electrons. The normalized spacial score (nSPS) is 18.1. The predicted octanol–water partition coefficient (Wildman–Crippen LogP) is 4.08. The predicted molar refractivity (Wildman–Crippen MR) is 82.4 cm³/mol. The first-order valence-electron chi connectivity index (χ1n) is 6.91. The standard InChI is InChI=1S/C17H18ClNO/c1-11(19)12-6-7-17(16(18)9-12)20-10-14-8-13-4-2-3-5-15(13)14/h2-7,9,11,14H,8,10,19H2,1H3. The van der Waals surface area contributed by atoms with Crippen LogP contribution in [0.15, 0.2) is 42.5 Å². The van der Waals surface area contributed by atoms with Crippen molar-refractivity contribution in [3.8, 4) is 5.75 Å². The molecule has 0 amide bonds. The van der Waals surface area contributed by atoms with Crippen molar-refractivity contribution in [2.75, 3.05) is 6.61 Å². The van der Waals surface area contributed by atoms with E-state index >= 15 is 0 Å². The minimum Gasteiger partial charge on any atom is -0.491 e. The smallest absolute Gasteiger partial charge is 0.137 e. The van der Waals surface area contributed by atoms with Gasteiger partial charge in [-0.2, -0.15) is 0 Å². The number of halogens is 1. The second-order valence-corrected chi connectivity index (χ2v) is 5.80. The fourth-order valence-electron chi connectivity index (χ4n) is 2.62. The highest BCUT2D eigenvalue weighted by Gasteiger charge is 2.26. The molecule has 2 aromatic rings. The van der Waals surface area contributed by atoms with E-state index in [-0.39, 0.29) is 6.04 Å². The number of fused-ring (bicyclic) bond motifs is 1. The zero-order valence-corrected chi connectivity index (χ0v) is 12.2. The van der Waals surface area contributed by atoms with Crippen molar-refractivity contribution in [1.82, 2.24) is 0 Å². The van der Waals surface area contributed by atoms with Crippen LogP contribution in [0.25, 0.3) is 0 Å².